The minimum atomic E-state index is -0.281. The van der Waals surface area contributed by atoms with Gasteiger partial charge in [0.1, 0.15) is 11.9 Å². The summed E-state index contributed by atoms with van der Waals surface area (Å²) in [5, 5.41) is 7.60. The monoisotopic (exact) mass is 428 g/mol. The first-order valence-corrected chi connectivity index (χ1v) is 10.4. The normalized spacial score (nSPS) is 12.4. The summed E-state index contributed by atoms with van der Waals surface area (Å²) < 4.78 is 13.3. The van der Waals surface area contributed by atoms with Crippen molar-refractivity contribution in [2.75, 3.05) is 14.2 Å². The average molecular weight is 429 g/mol. The number of rotatable bonds is 5. The van der Waals surface area contributed by atoms with Crippen molar-refractivity contribution >= 4 is 27.9 Å². The molecular weight excluding hydrogens is 408 g/mol. The van der Waals surface area contributed by atoms with Gasteiger partial charge in [-0.2, -0.15) is 5.10 Å². The number of hydrogen-bond donors (Lipinski definition) is 0. The fraction of sp³-hybridized carbons (Fsp3) is 0.115. The number of nitrogens with zero attached hydrogens (tertiary/aromatic N) is 2. The lowest BCUT2D eigenvalue weighted by molar-refractivity contribution is 0.137. The quantitative estimate of drug-likeness (QED) is 0.318. The largest absolute Gasteiger partial charge is 0.497 e. The van der Waals surface area contributed by atoms with Crippen LogP contribution in [0.1, 0.15) is 17.2 Å². The van der Waals surface area contributed by atoms with Gasteiger partial charge in [0.25, 0.3) is 0 Å². The lowest BCUT2D eigenvalue weighted by Gasteiger charge is -2.17. The molecule has 0 saturated carbocycles. The van der Waals surface area contributed by atoms with Crippen LogP contribution in [-0.2, 0) is 4.74 Å². The summed E-state index contributed by atoms with van der Waals surface area (Å²) in [7, 11) is 3.38. The van der Waals surface area contributed by atoms with E-state index in [1.807, 2.05) is 65.3 Å². The van der Waals surface area contributed by atoms with Gasteiger partial charge in [-0.05, 0) is 41.3 Å². The molecule has 0 aliphatic rings. The van der Waals surface area contributed by atoms with Crippen molar-refractivity contribution in [2.24, 2.45) is 0 Å². The van der Waals surface area contributed by atoms with Crippen LogP contribution in [0.15, 0.2) is 85.1 Å². The number of aromatic nitrogens is 2. The van der Waals surface area contributed by atoms with Gasteiger partial charge >= 0.3 is 0 Å². The third-order valence-corrected chi connectivity index (χ3v) is 5.83. The van der Waals surface area contributed by atoms with Gasteiger partial charge in [0.05, 0.1) is 24.5 Å². The van der Waals surface area contributed by atoms with Crippen molar-refractivity contribution in [2.45, 2.75) is 6.10 Å². The molecule has 2 heterocycles. The molecule has 31 heavy (non-hydrogen) atoms. The second-order valence-corrected chi connectivity index (χ2v) is 7.81. The number of benzene rings is 3. The Hall–Kier alpha value is -3.34. The smallest absolute Gasteiger partial charge is 0.118 e. The molecule has 5 heteroatoms. The number of pyridine rings is 1. The maximum atomic E-state index is 6.38. The Morgan fingerprint density at radius 3 is 2.39 bits per heavy atom. The Morgan fingerprint density at radius 2 is 1.68 bits per heavy atom. The molecule has 1 atom stereocenters. The van der Waals surface area contributed by atoms with E-state index in [0.29, 0.717) is 5.02 Å². The molecule has 0 N–H and O–H groups in total. The molecule has 0 bridgehead atoms. The summed E-state index contributed by atoms with van der Waals surface area (Å²) in [6, 6.07) is 26.3. The Bertz CT molecular complexity index is 1360. The highest BCUT2D eigenvalue weighted by Crippen LogP contribution is 2.37. The van der Waals surface area contributed by atoms with Crippen molar-refractivity contribution < 1.29 is 9.47 Å². The van der Waals surface area contributed by atoms with Gasteiger partial charge in [0.2, 0.25) is 0 Å². The standard InChI is InChI=1S/C26H21ClN2O2/c1-30-21-12-9-18(10-13-21)26(31-2)23-16-28-29-24(17-6-4-3-5-7-17)14-19-8-11-20(27)15-22(19)25(23)29/h3-16,26H,1-2H3. The molecule has 0 fully saturated rings. The summed E-state index contributed by atoms with van der Waals surface area (Å²) in [5.74, 6) is 0.807. The van der Waals surface area contributed by atoms with Crippen LogP contribution in [0.2, 0.25) is 5.02 Å². The molecule has 0 aliphatic carbocycles. The Kier molecular flexibility index (Phi) is 5.10. The zero-order valence-corrected chi connectivity index (χ0v) is 18.0. The Labute approximate surface area is 185 Å². The highest BCUT2D eigenvalue weighted by Gasteiger charge is 2.22. The number of methoxy groups -OCH3 is 2. The Balaban J connectivity index is 1.80. The van der Waals surface area contributed by atoms with E-state index in [4.69, 9.17) is 26.2 Å². The van der Waals surface area contributed by atoms with Crippen molar-refractivity contribution in [3.05, 3.63) is 101 Å². The SMILES string of the molecule is COc1ccc(C(OC)c2cnn3c(-c4ccccc4)cc4ccc(Cl)cc4c23)cc1. The zero-order chi connectivity index (χ0) is 21.4. The average Bonchev–Trinajstić information content (AvgIpc) is 3.25. The van der Waals surface area contributed by atoms with Crippen molar-refractivity contribution in [3.8, 4) is 17.0 Å². The maximum absolute atomic E-state index is 6.38. The van der Waals surface area contributed by atoms with Crippen LogP contribution in [0.5, 0.6) is 5.75 Å². The first-order chi connectivity index (χ1) is 15.2. The van der Waals surface area contributed by atoms with E-state index in [9.17, 15) is 0 Å². The summed E-state index contributed by atoms with van der Waals surface area (Å²) in [4.78, 5) is 0. The van der Waals surface area contributed by atoms with Gasteiger partial charge in [-0.3, -0.25) is 0 Å². The highest BCUT2D eigenvalue weighted by atomic mass is 35.5. The lowest BCUT2D eigenvalue weighted by atomic mass is 9.99. The number of fused-ring (bicyclic) bond motifs is 3. The predicted octanol–water partition coefficient (Wildman–Crippen LogP) is 6.55. The summed E-state index contributed by atoms with van der Waals surface area (Å²) in [5.41, 5.74) is 5.11. The topological polar surface area (TPSA) is 35.8 Å². The molecule has 2 aromatic heterocycles. The van der Waals surface area contributed by atoms with Crippen LogP contribution in [0.4, 0.5) is 0 Å². The molecule has 5 rings (SSSR count). The zero-order valence-electron chi connectivity index (χ0n) is 17.2. The van der Waals surface area contributed by atoms with Crippen LogP contribution in [0, 0.1) is 0 Å². The van der Waals surface area contributed by atoms with Gasteiger partial charge in [-0.25, -0.2) is 4.52 Å². The predicted molar refractivity (Wildman–Crippen MR) is 125 cm³/mol. The first kappa shape index (κ1) is 19.6. The fourth-order valence-electron chi connectivity index (χ4n) is 4.11. The van der Waals surface area contributed by atoms with Gasteiger partial charge in [0.15, 0.2) is 0 Å². The van der Waals surface area contributed by atoms with Gasteiger partial charge in [-0.15, -0.1) is 0 Å². The number of ether oxygens (including phenoxy) is 2. The van der Waals surface area contributed by atoms with Crippen molar-refractivity contribution in [1.82, 2.24) is 9.61 Å². The van der Waals surface area contributed by atoms with E-state index in [1.165, 1.54) is 0 Å². The maximum Gasteiger partial charge on any atom is 0.118 e. The van der Waals surface area contributed by atoms with E-state index in [-0.39, 0.29) is 6.10 Å². The van der Waals surface area contributed by atoms with Crippen molar-refractivity contribution in [1.29, 1.82) is 0 Å². The minimum Gasteiger partial charge on any atom is -0.497 e. The third kappa shape index (κ3) is 3.44. The minimum absolute atomic E-state index is 0.281. The molecule has 1 unspecified atom stereocenters. The van der Waals surface area contributed by atoms with Crippen LogP contribution in [-0.4, -0.2) is 23.8 Å². The third-order valence-electron chi connectivity index (χ3n) is 5.59. The fourth-order valence-corrected chi connectivity index (χ4v) is 4.28. The molecule has 0 aliphatic heterocycles. The lowest BCUT2D eigenvalue weighted by Crippen LogP contribution is -2.04. The van der Waals surface area contributed by atoms with Gasteiger partial charge < -0.3 is 9.47 Å². The molecule has 0 amide bonds. The van der Waals surface area contributed by atoms with E-state index in [2.05, 4.69) is 24.3 Å². The molecule has 154 valence electrons. The second-order valence-electron chi connectivity index (χ2n) is 7.38. The van der Waals surface area contributed by atoms with E-state index in [0.717, 1.165) is 44.4 Å². The van der Waals surface area contributed by atoms with Crippen molar-refractivity contribution in [3.63, 3.8) is 0 Å². The summed E-state index contributed by atoms with van der Waals surface area (Å²) in [6.07, 6.45) is 1.61. The van der Waals surface area contributed by atoms with Crippen LogP contribution in [0.25, 0.3) is 27.5 Å². The Morgan fingerprint density at radius 1 is 0.903 bits per heavy atom. The molecule has 5 aromatic rings. The number of hydrogen-bond acceptors (Lipinski definition) is 3. The van der Waals surface area contributed by atoms with Gasteiger partial charge in [0, 0.05) is 28.6 Å². The molecule has 4 nitrogen and oxygen atoms in total. The van der Waals surface area contributed by atoms with E-state index < -0.39 is 0 Å². The first-order valence-electron chi connectivity index (χ1n) is 10.0. The summed E-state index contributed by atoms with van der Waals surface area (Å²) in [6.45, 7) is 0. The molecule has 0 saturated heterocycles. The molecular formula is C26H21ClN2O2. The molecule has 3 aromatic carbocycles. The molecule has 0 spiro atoms. The van der Waals surface area contributed by atoms with Crippen LogP contribution < -0.4 is 4.74 Å². The van der Waals surface area contributed by atoms with Gasteiger partial charge in [-0.1, -0.05) is 60.1 Å². The number of halogens is 1. The molecule has 0 radical (unpaired) electrons. The van der Waals surface area contributed by atoms with Crippen LogP contribution in [0.3, 0.4) is 0 Å². The second kappa shape index (κ2) is 8.06. The van der Waals surface area contributed by atoms with Crippen LogP contribution >= 0.6 is 11.6 Å². The summed E-state index contributed by atoms with van der Waals surface area (Å²) >= 11 is 6.38. The van der Waals surface area contributed by atoms with E-state index in [1.54, 1.807) is 14.2 Å². The highest BCUT2D eigenvalue weighted by molar-refractivity contribution is 6.31. The van der Waals surface area contributed by atoms with E-state index >= 15 is 0 Å².